The van der Waals surface area contributed by atoms with Crippen molar-refractivity contribution in [2.75, 3.05) is 18.0 Å². The minimum Gasteiger partial charge on any atom is -0.370 e. The van der Waals surface area contributed by atoms with E-state index in [4.69, 9.17) is 15.7 Å². The number of carbonyl (C=O) groups is 1. The zero-order valence-corrected chi connectivity index (χ0v) is 16.3. The largest absolute Gasteiger partial charge is 0.370 e. The van der Waals surface area contributed by atoms with Gasteiger partial charge in [-0.2, -0.15) is 5.10 Å². The van der Waals surface area contributed by atoms with Crippen LogP contribution in [0.1, 0.15) is 31.4 Å². The number of aromatic nitrogens is 5. The van der Waals surface area contributed by atoms with E-state index < -0.39 is 0 Å². The second-order valence-electron chi connectivity index (χ2n) is 7.45. The average molecular weight is 379 g/mol. The highest BCUT2D eigenvalue weighted by molar-refractivity contribution is 5.91. The van der Waals surface area contributed by atoms with Crippen molar-refractivity contribution in [3.63, 3.8) is 0 Å². The van der Waals surface area contributed by atoms with Crippen molar-refractivity contribution in [1.82, 2.24) is 24.7 Å². The Morgan fingerprint density at radius 3 is 2.93 bits per heavy atom. The first-order valence-corrected chi connectivity index (χ1v) is 9.69. The van der Waals surface area contributed by atoms with Crippen molar-refractivity contribution in [2.24, 2.45) is 18.7 Å². The highest BCUT2D eigenvalue weighted by Gasteiger charge is 2.26. The molecule has 1 aliphatic heterocycles. The van der Waals surface area contributed by atoms with Crippen LogP contribution < -0.4 is 10.6 Å². The molecule has 0 aliphatic carbocycles. The fourth-order valence-electron chi connectivity index (χ4n) is 4.00. The summed E-state index contributed by atoms with van der Waals surface area (Å²) in [6.07, 6.45) is 5.17. The summed E-state index contributed by atoms with van der Waals surface area (Å²) < 4.78 is 1.80. The van der Waals surface area contributed by atoms with Gasteiger partial charge in [0, 0.05) is 32.8 Å². The second kappa shape index (κ2) is 7.53. The Hall–Kier alpha value is -3.03. The number of piperidine rings is 1. The molecule has 0 aromatic carbocycles. The Balaban J connectivity index is 1.75. The summed E-state index contributed by atoms with van der Waals surface area (Å²) in [5.74, 6) is 1.70. The van der Waals surface area contributed by atoms with Gasteiger partial charge in [0.05, 0.1) is 11.1 Å². The zero-order chi connectivity index (χ0) is 19.7. The Morgan fingerprint density at radius 2 is 2.18 bits per heavy atom. The first kappa shape index (κ1) is 18.3. The van der Waals surface area contributed by atoms with Crippen LogP contribution in [0.5, 0.6) is 0 Å². The van der Waals surface area contributed by atoms with E-state index in [1.807, 2.05) is 32.2 Å². The number of hydrogen-bond acceptors (Lipinski definition) is 6. The van der Waals surface area contributed by atoms with Crippen molar-refractivity contribution >= 4 is 22.8 Å². The van der Waals surface area contributed by atoms with Gasteiger partial charge in [0.25, 0.3) is 0 Å². The Bertz CT molecular complexity index is 999. The number of amides is 1. The third kappa shape index (κ3) is 3.54. The first-order chi connectivity index (χ1) is 13.5. The number of primary amides is 1. The molecule has 0 bridgehead atoms. The first-order valence-electron chi connectivity index (χ1n) is 9.69. The SMILES string of the molecule is Cc1nn(C)c2nc(-c3ccccn3)nc(N3CCCC(CCC(N)=O)C3)c12. The lowest BCUT2D eigenvalue weighted by molar-refractivity contribution is -0.118. The number of nitrogens with zero attached hydrogens (tertiary/aromatic N) is 6. The van der Waals surface area contributed by atoms with E-state index in [9.17, 15) is 4.79 Å². The molecule has 0 saturated carbocycles. The van der Waals surface area contributed by atoms with Gasteiger partial charge in [-0.1, -0.05) is 6.07 Å². The average Bonchev–Trinajstić information content (AvgIpc) is 3.00. The summed E-state index contributed by atoms with van der Waals surface area (Å²) in [5, 5.41) is 5.55. The standard InChI is InChI=1S/C20H25N7O/c1-13-17-19(26(2)25-13)23-18(15-7-3-4-10-22-15)24-20(17)27-11-5-6-14(12-27)8-9-16(21)28/h3-4,7,10,14H,5-6,8-9,11-12H2,1-2H3,(H2,21,28). The molecule has 8 nitrogen and oxygen atoms in total. The normalized spacial score (nSPS) is 17.2. The van der Waals surface area contributed by atoms with E-state index in [-0.39, 0.29) is 5.91 Å². The molecule has 4 rings (SSSR count). The second-order valence-corrected chi connectivity index (χ2v) is 7.45. The fraction of sp³-hybridized carbons (Fsp3) is 0.450. The van der Waals surface area contributed by atoms with Gasteiger partial charge in [-0.05, 0) is 44.2 Å². The molecule has 2 N–H and O–H groups in total. The highest BCUT2D eigenvalue weighted by Crippen LogP contribution is 2.32. The van der Waals surface area contributed by atoms with Crippen LogP contribution in [-0.2, 0) is 11.8 Å². The van der Waals surface area contributed by atoms with Gasteiger partial charge in [-0.25, -0.2) is 9.97 Å². The van der Waals surface area contributed by atoms with E-state index >= 15 is 0 Å². The summed E-state index contributed by atoms with van der Waals surface area (Å²) in [7, 11) is 1.90. The lowest BCUT2D eigenvalue weighted by Gasteiger charge is -2.34. The monoisotopic (exact) mass is 379 g/mol. The molecule has 3 aromatic rings. The number of fused-ring (bicyclic) bond motifs is 1. The molecule has 0 spiro atoms. The van der Waals surface area contributed by atoms with E-state index in [0.717, 1.165) is 60.6 Å². The number of aryl methyl sites for hydroxylation is 2. The van der Waals surface area contributed by atoms with E-state index in [1.165, 1.54) is 0 Å². The number of hydrogen-bond donors (Lipinski definition) is 1. The predicted molar refractivity (Wildman–Crippen MR) is 108 cm³/mol. The summed E-state index contributed by atoms with van der Waals surface area (Å²) in [6.45, 7) is 3.77. The van der Waals surface area contributed by atoms with Gasteiger partial charge in [0.2, 0.25) is 5.91 Å². The summed E-state index contributed by atoms with van der Waals surface area (Å²) in [6, 6.07) is 5.73. The molecule has 0 radical (unpaired) electrons. The van der Waals surface area contributed by atoms with Crippen LogP contribution in [0.25, 0.3) is 22.6 Å². The topological polar surface area (TPSA) is 103 Å². The van der Waals surface area contributed by atoms with Gasteiger partial charge in [0.1, 0.15) is 11.5 Å². The molecule has 146 valence electrons. The number of pyridine rings is 1. The molecule has 3 aromatic heterocycles. The van der Waals surface area contributed by atoms with Crippen LogP contribution in [0, 0.1) is 12.8 Å². The maximum atomic E-state index is 11.2. The third-order valence-corrected chi connectivity index (χ3v) is 5.35. The molecule has 1 fully saturated rings. The minimum absolute atomic E-state index is 0.234. The van der Waals surface area contributed by atoms with Crippen molar-refractivity contribution < 1.29 is 4.79 Å². The number of nitrogens with two attached hydrogens (primary N) is 1. The Kier molecular flexibility index (Phi) is 4.93. The van der Waals surface area contributed by atoms with Gasteiger partial charge in [-0.3, -0.25) is 14.5 Å². The zero-order valence-electron chi connectivity index (χ0n) is 16.3. The van der Waals surface area contributed by atoms with Crippen LogP contribution in [0.4, 0.5) is 5.82 Å². The third-order valence-electron chi connectivity index (χ3n) is 5.35. The van der Waals surface area contributed by atoms with Crippen LogP contribution in [-0.4, -0.2) is 43.7 Å². The number of anilines is 1. The van der Waals surface area contributed by atoms with Crippen LogP contribution in [0.15, 0.2) is 24.4 Å². The Morgan fingerprint density at radius 1 is 1.32 bits per heavy atom. The van der Waals surface area contributed by atoms with Gasteiger partial charge < -0.3 is 10.6 Å². The molecule has 1 unspecified atom stereocenters. The summed E-state index contributed by atoms with van der Waals surface area (Å²) in [4.78, 5) is 27.6. The minimum atomic E-state index is -0.234. The maximum Gasteiger partial charge on any atom is 0.217 e. The van der Waals surface area contributed by atoms with Gasteiger partial charge >= 0.3 is 0 Å². The molecule has 1 atom stereocenters. The highest BCUT2D eigenvalue weighted by atomic mass is 16.1. The molecule has 1 aliphatic rings. The number of rotatable bonds is 5. The van der Waals surface area contributed by atoms with Crippen LogP contribution in [0.3, 0.4) is 0 Å². The molecule has 1 saturated heterocycles. The molecule has 1 amide bonds. The van der Waals surface area contributed by atoms with Crippen molar-refractivity contribution in [2.45, 2.75) is 32.6 Å². The predicted octanol–water partition coefficient (Wildman–Crippen LogP) is 2.22. The van der Waals surface area contributed by atoms with Crippen molar-refractivity contribution in [3.05, 3.63) is 30.1 Å². The summed E-state index contributed by atoms with van der Waals surface area (Å²) in [5.41, 5.74) is 7.81. The maximum absolute atomic E-state index is 11.2. The van der Waals surface area contributed by atoms with Crippen LogP contribution >= 0.6 is 0 Å². The molecule has 4 heterocycles. The fourth-order valence-corrected chi connectivity index (χ4v) is 4.00. The lowest BCUT2D eigenvalue weighted by Crippen LogP contribution is -2.36. The van der Waals surface area contributed by atoms with E-state index in [0.29, 0.717) is 18.2 Å². The lowest BCUT2D eigenvalue weighted by atomic mass is 9.93. The molecular weight excluding hydrogens is 354 g/mol. The Labute approximate surface area is 163 Å². The van der Waals surface area contributed by atoms with Crippen molar-refractivity contribution in [3.8, 4) is 11.5 Å². The summed E-state index contributed by atoms with van der Waals surface area (Å²) >= 11 is 0. The molecule has 8 heteroatoms. The van der Waals surface area contributed by atoms with Crippen molar-refractivity contribution in [1.29, 1.82) is 0 Å². The quantitative estimate of drug-likeness (QED) is 0.729. The molecule has 28 heavy (non-hydrogen) atoms. The number of carbonyl (C=O) groups excluding carboxylic acids is 1. The van der Waals surface area contributed by atoms with Crippen LogP contribution in [0.2, 0.25) is 0 Å². The smallest absolute Gasteiger partial charge is 0.217 e. The van der Waals surface area contributed by atoms with Gasteiger partial charge in [0.15, 0.2) is 11.5 Å². The molecular formula is C20H25N7O. The van der Waals surface area contributed by atoms with Gasteiger partial charge in [-0.15, -0.1) is 0 Å². The van der Waals surface area contributed by atoms with E-state index in [2.05, 4.69) is 15.0 Å². The van der Waals surface area contributed by atoms with E-state index in [1.54, 1.807) is 10.9 Å².